The summed E-state index contributed by atoms with van der Waals surface area (Å²) in [5.41, 5.74) is 15.6. The Kier molecular flexibility index (Phi) is 12.6. The highest BCUT2D eigenvalue weighted by Crippen LogP contribution is 2.01. The summed E-state index contributed by atoms with van der Waals surface area (Å²) in [6.45, 7) is 4.50. The molecule has 0 fully saturated rings. The second kappa shape index (κ2) is 11.9. The van der Waals surface area contributed by atoms with Gasteiger partial charge in [0.2, 0.25) is 0 Å². The molecule has 8 N–H and O–H groups in total. The Morgan fingerprint density at radius 2 is 1.47 bits per heavy atom. The van der Waals surface area contributed by atoms with Crippen LogP contribution in [0.25, 0.3) is 0 Å². The van der Waals surface area contributed by atoms with Gasteiger partial charge < -0.3 is 27.4 Å². The molecular formula is C12H27N3O4. The van der Waals surface area contributed by atoms with E-state index >= 15 is 0 Å². The lowest BCUT2D eigenvalue weighted by atomic mass is 10.1. The van der Waals surface area contributed by atoms with Gasteiger partial charge >= 0.3 is 11.9 Å². The molecule has 0 bridgehead atoms. The average Bonchev–Trinajstić information content (AvgIpc) is 2.28. The van der Waals surface area contributed by atoms with Crippen LogP contribution in [0.2, 0.25) is 0 Å². The topological polar surface area (TPSA) is 153 Å². The molecule has 7 nitrogen and oxygen atoms in total. The molecule has 114 valence electrons. The number of carboxylic acid groups (broad SMARTS) is 2. The fourth-order valence-electron chi connectivity index (χ4n) is 1.24. The molecule has 0 aliphatic heterocycles. The quantitative estimate of drug-likeness (QED) is 0.390. The first-order valence-corrected chi connectivity index (χ1v) is 6.39. The van der Waals surface area contributed by atoms with Crippen LogP contribution in [0.15, 0.2) is 0 Å². The van der Waals surface area contributed by atoms with E-state index in [4.69, 9.17) is 27.4 Å². The number of nitrogens with two attached hydrogens (primary N) is 3. The fourth-order valence-corrected chi connectivity index (χ4v) is 1.24. The lowest BCUT2D eigenvalue weighted by Gasteiger charge is -2.07. The Hall–Kier alpha value is -1.18. The van der Waals surface area contributed by atoms with Gasteiger partial charge in [0.05, 0.1) is 0 Å². The normalized spacial score (nSPS) is 13.4. The van der Waals surface area contributed by atoms with Gasteiger partial charge in [-0.3, -0.25) is 9.59 Å². The van der Waals surface area contributed by atoms with Crippen molar-refractivity contribution in [2.24, 2.45) is 23.1 Å². The van der Waals surface area contributed by atoms with E-state index in [0.29, 0.717) is 25.3 Å². The molecule has 0 rings (SSSR count). The number of aliphatic carboxylic acids is 2. The molecule has 0 unspecified atom stereocenters. The highest BCUT2D eigenvalue weighted by molar-refractivity contribution is 5.73. The molecule has 0 aromatic carbocycles. The zero-order chi connectivity index (χ0) is 15.4. The van der Waals surface area contributed by atoms with Crippen molar-refractivity contribution < 1.29 is 19.8 Å². The van der Waals surface area contributed by atoms with Gasteiger partial charge in [-0.15, -0.1) is 0 Å². The van der Waals surface area contributed by atoms with E-state index in [9.17, 15) is 9.59 Å². The minimum Gasteiger partial charge on any atom is -0.480 e. The Bertz CT molecular complexity index is 259. The van der Waals surface area contributed by atoms with Crippen molar-refractivity contribution in [1.82, 2.24) is 0 Å². The van der Waals surface area contributed by atoms with Crippen molar-refractivity contribution in [2.75, 3.05) is 6.54 Å². The number of rotatable bonds is 8. The Balaban J connectivity index is 0. The van der Waals surface area contributed by atoms with E-state index in [0.717, 1.165) is 12.8 Å². The molecule has 2 atom stereocenters. The lowest BCUT2D eigenvalue weighted by molar-refractivity contribution is -0.139. The predicted octanol–water partition coefficient (Wildman–Crippen LogP) is -0.0283. The summed E-state index contributed by atoms with van der Waals surface area (Å²) in [4.78, 5) is 20.2. The molecule has 0 radical (unpaired) electrons. The average molecular weight is 277 g/mol. The minimum absolute atomic E-state index is 0.357. The van der Waals surface area contributed by atoms with E-state index in [2.05, 4.69) is 0 Å². The van der Waals surface area contributed by atoms with E-state index in [-0.39, 0.29) is 0 Å². The summed E-state index contributed by atoms with van der Waals surface area (Å²) in [5, 5.41) is 16.6. The van der Waals surface area contributed by atoms with Crippen LogP contribution in [-0.4, -0.2) is 40.8 Å². The Morgan fingerprint density at radius 1 is 1.00 bits per heavy atom. The van der Waals surface area contributed by atoms with Crippen molar-refractivity contribution in [3.05, 3.63) is 0 Å². The van der Waals surface area contributed by atoms with Gasteiger partial charge in [0, 0.05) is 0 Å². The first-order valence-electron chi connectivity index (χ1n) is 6.39. The van der Waals surface area contributed by atoms with Gasteiger partial charge in [0.25, 0.3) is 0 Å². The third-order valence-electron chi connectivity index (χ3n) is 2.33. The molecule has 0 heterocycles. The third-order valence-corrected chi connectivity index (χ3v) is 2.33. The second-order valence-corrected chi connectivity index (χ2v) is 4.80. The molecule has 0 amide bonds. The summed E-state index contributed by atoms with van der Waals surface area (Å²) in [6, 6.07) is -1.41. The van der Waals surface area contributed by atoms with Crippen molar-refractivity contribution in [3.8, 4) is 0 Å². The highest BCUT2D eigenvalue weighted by Gasteiger charge is 2.12. The monoisotopic (exact) mass is 277 g/mol. The molecule has 0 saturated heterocycles. The van der Waals surface area contributed by atoms with Gasteiger partial charge in [-0.2, -0.15) is 0 Å². The molecule has 0 aliphatic rings. The summed E-state index contributed by atoms with van der Waals surface area (Å²) in [6.07, 6.45) is 2.72. The van der Waals surface area contributed by atoms with Crippen LogP contribution in [0, 0.1) is 5.92 Å². The molecule has 19 heavy (non-hydrogen) atoms. The molecule has 0 aromatic rings. The maximum absolute atomic E-state index is 10.1. The number of carboxylic acids is 2. The van der Waals surface area contributed by atoms with Gasteiger partial charge in [-0.05, 0) is 31.7 Å². The van der Waals surface area contributed by atoms with Crippen molar-refractivity contribution in [2.45, 2.75) is 51.6 Å². The van der Waals surface area contributed by atoms with Crippen LogP contribution in [-0.2, 0) is 9.59 Å². The summed E-state index contributed by atoms with van der Waals surface area (Å²) in [7, 11) is 0. The highest BCUT2D eigenvalue weighted by atomic mass is 16.4. The molecular weight excluding hydrogens is 250 g/mol. The van der Waals surface area contributed by atoms with Crippen LogP contribution in [0.4, 0.5) is 0 Å². The SMILES string of the molecule is CC(C)C[C@H](N)C(=O)O.NCCCC[C@H](N)C(=O)O. The Morgan fingerprint density at radius 3 is 1.74 bits per heavy atom. The zero-order valence-electron chi connectivity index (χ0n) is 11.7. The molecule has 7 heteroatoms. The summed E-state index contributed by atoms with van der Waals surface area (Å²) in [5.74, 6) is -1.49. The molecule has 0 aromatic heterocycles. The number of hydrogen-bond donors (Lipinski definition) is 5. The largest absolute Gasteiger partial charge is 0.480 e. The predicted molar refractivity (Wildman–Crippen MR) is 73.6 cm³/mol. The van der Waals surface area contributed by atoms with Crippen molar-refractivity contribution >= 4 is 11.9 Å². The van der Waals surface area contributed by atoms with Crippen LogP contribution in [0.1, 0.15) is 39.5 Å². The summed E-state index contributed by atoms with van der Waals surface area (Å²) < 4.78 is 0. The van der Waals surface area contributed by atoms with Gasteiger partial charge in [-0.25, -0.2) is 0 Å². The first kappa shape index (κ1) is 20.1. The van der Waals surface area contributed by atoms with Crippen LogP contribution >= 0.6 is 0 Å². The fraction of sp³-hybridized carbons (Fsp3) is 0.833. The van der Waals surface area contributed by atoms with E-state index in [1.807, 2.05) is 13.8 Å². The standard InChI is InChI=1S/C6H14N2O2.C6H13NO2/c7-4-2-1-3-5(8)6(9)10;1-4(2)3-5(7)6(8)9/h5H,1-4,7-8H2,(H,9,10);4-5H,3,7H2,1-2H3,(H,8,9)/t2*5-/m00/s1. The molecule has 0 spiro atoms. The minimum atomic E-state index is -0.933. The lowest BCUT2D eigenvalue weighted by Crippen LogP contribution is -2.31. The van der Waals surface area contributed by atoms with Crippen LogP contribution < -0.4 is 17.2 Å². The van der Waals surface area contributed by atoms with Crippen molar-refractivity contribution in [3.63, 3.8) is 0 Å². The number of carbonyl (C=O) groups is 2. The Labute approximate surface area is 114 Å². The molecule has 0 saturated carbocycles. The maximum atomic E-state index is 10.1. The third kappa shape index (κ3) is 14.8. The van der Waals surface area contributed by atoms with Crippen molar-refractivity contribution in [1.29, 1.82) is 0 Å². The van der Waals surface area contributed by atoms with Gasteiger partial charge in [0.15, 0.2) is 0 Å². The van der Waals surface area contributed by atoms with Gasteiger partial charge in [0.1, 0.15) is 12.1 Å². The maximum Gasteiger partial charge on any atom is 0.320 e. The van der Waals surface area contributed by atoms with E-state index in [1.165, 1.54) is 0 Å². The summed E-state index contributed by atoms with van der Waals surface area (Å²) >= 11 is 0. The first-order chi connectivity index (χ1) is 8.72. The van der Waals surface area contributed by atoms with E-state index < -0.39 is 24.0 Å². The van der Waals surface area contributed by atoms with E-state index in [1.54, 1.807) is 0 Å². The second-order valence-electron chi connectivity index (χ2n) is 4.80. The van der Waals surface area contributed by atoms with Gasteiger partial charge in [-0.1, -0.05) is 20.3 Å². The smallest absolute Gasteiger partial charge is 0.320 e. The number of hydrogen-bond acceptors (Lipinski definition) is 5. The zero-order valence-corrected chi connectivity index (χ0v) is 11.7. The molecule has 0 aliphatic carbocycles. The number of unbranched alkanes of at least 4 members (excludes halogenated alkanes) is 1. The van der Waals surface area contributed by atoms with Crippen LogP contribution in [0.3, 0.4) is 0 Å². The van der Waals surface area contributed by atoms with Crippen LogP contribution in [0.5, 0.6) is 0 Å².